The third-order valence-electron chi connectivity index (χ3n) is 3.71. The van der Waals surface area contributed by atoms with Crippen LogP contribution in [0.2, 0.25) is 0 Å². The summed E-state index contributed by atoms with van der Waals surface area (Å²) in [6.45, 7) is 9.15. The van der Waals surface area contributed by atoms with Gasteiger partial charge in [0.15, 0.2) is 0 Å². The zero-order chi connectivity index (χ0) is 16.3. The minimum atomic E-state index is -0.758. The molecule has 1 unspecified atom stereocenters. The molecule has 0 spiro atoms. The lowest BCUT2D eigenvalue weighted by Gasteiger charge is -2.22. The number of nitrogens with one attached hydrogen (secondary N) is 1. The molecule has 21 heavy (non-hydrogen) atoms. The Kier molecular flexibility index (Phi) is 10.4. The Hall–Kier alpha value is -1.52. The summed E-state index contributed by atoms with van der Waals surface area (Å²) in [7, 11) is 1.78. The van der Waals surface area contributed by atoms with E-state index in [9.17, 15) is 9.59 Å². The Labute approximate surface area is 128 Å². The van der Waals surface area contributed by atoms with Crippen molar-refractivity contribution in [2.45, 2.75) is 46.0 Å². The SMILES string of the molecule is C=CCCCN(C)C(=O)NCCC(CCC(=O)O)C(C)C. The van der Waals surface area contributed by atoms with Crippen molar-refractivity contribution in [2.24, 2.45) is 11.8 Å². The largest absolute Gasteiger partial charge is 0.481 e. The molecular formula is C16H30N2O3. The summed E-state index contributed by atoms with van der Waals surface area (Å²) in [6.07, 6.45) is 5.35. The van der Waals surface area contributed by atoms with E-state index in [-0.39, 0.29) is 12.5 Å². The molecule has 122 valence electrons. The molecule has 0 aliphatic heterocycles. The lowest BCUT2D eigenvalue weighted by molar-refractivity contribution is -0.137. The van der Waals surface area contributed by atoms with E-state index in [1.54, 1.807) is 11.9 Å². The highest BCUT2D eigenvalue weighted by Gasteiger charge is 2.15. The molecule has 2 N–H and O–H groups in total. The highest BCUT2D eigenvalue weighted by molar-refractivity contribution is 5.73. The molecule has 0 fully saturated rings. The normalized spacial score (nSPS) is 12.0. The molecule has 0 aliphatic carbocycles. The van der Waals surface area contributed by atoms with E-state index in [1.165, 1.54) is 0 Å². The molecule has 5 nitrogen and oxygen atoms in total. The van der Waals surface area contributed by atoms with E-state index >= 15 is 0 Å². The number of aliphatic carboxylic acids is 1. The minimum absolute atomic E-state index is 0.0696. The molecule has 0 aromatic rings. The van der Waals surface area contributed by atoms with Gasteiger partial charge in [-0.1, -0.05) is 19.9 Å². The maximum atomic E-state index is 11.8. The number of carbonyl (C=O) groups excluding carboxylic acids is 1. The van der Waals surface area contributed by atoms with Gasteiger partial charge in [-0.05, 0) is 37.5 Å². The second-order valence-corrected chi connectivity index (χ2v) is 5.81. The molecule has 0 rings (SSSR count). The predicted molar refractivity (Wildman–Crippen MR) is 85.3 cm³/mol. The van der Waals surface area contributed by atoms with Crippen LogP contribution in [0.1, 0.15) is 46.0 Å². The standard InChI is InChI=1S/C16H30N2O3/c1-5-6-7-12-18(4)16(21)17-11-10-14(13(2)3)8-9-15(19)20/h5,13-14H,1,6-12H2,2-4H3,(H,17,21)(H,19,20). The van der Waals surface area contributed by atoms with Crippen molar-refractivity contribution in [3.63, 3.8) is 0 Å². The van der Waals surface area contributed by atoms with Gasteiger partial charge in [0.05, 0.1) is 0 Å². The average molecular weight is 298 g/mol. The van der Waals surface area contributed by atoms with Gasteiger partial charge < -0.3 is 15.3 Å². The van der Waals surface area contributed by atoms with E-state index < -0.39 is 5.97 Å². The Bertz CT molecular complexity index is 329. The third kappa shape index (κ3) is 9.93. The second-order valence-electron chi connectivity index (χ2n) is 5.81. The number of amides is 2. The third-order valence-corrected chi connectivity index (χ3v) is 3.71. The molecule has 0 saturated heterocycles. The van der Waals surface area contributed by atoms with Crippen LogP contribution in [0.3, 0.4) is 0 Å². The van der Waals surface area contributed by atoms with Crippen molar-refractivity contribution in [1.82, 2.24) is 10.2 Å². The molecule has 2 amide bonds. The zero-order valence-corrected chi connectivity index (χ0v) is 13.6. The van der Waals surface area contributed by atoms with E-state index in [1.807, 2.05) is 6.08 Å². The Balaban J connectivity index is 3.98. The number of carbonyl (C=O) groups is 2. The van der Waals surface area contributed by atoms with Crippen LogP contribution in [0.4, 0.5) is 4.79 Å². The first-order chi connectivity index (χ1) is 9.88. The van der Waals surface area contributed by atoms with Crippen LogP contribution >= 0.6 is 0 Å². The number of rotatable bonds is 11. The van der Waals surface area contributed by atoms with Gasteiger partial charge in [0.2, 0.25) is 0 Å². The van der Waals surface area contributed by atoms with Crippen LogP contribution < -0.4 is 5.32 Å². The molecule has 1 atom stereocenters. The number of carboxylic acid groups (broad SMARTS) is 1. The summed E-state index contributed by atoms with van der Waals surface area (Å²) in [5.74, 6) is -0.00863. The average Bonchev–Trinajstić information content (AvgIpc) is 2.41. The maximum absolute atomic E-state index is 11.8. The quantitative estimate of drug-likeness (QED) is 0.455. The first-order valence-electron chi connectivity index (χ1n) is 7.70. The van der Waals surface area contributed by atoms with Gasteiger partial charge >= 0.3 is 12.0 Å². The molecule has 0 aliphatic rings. The van der Waals surface area contributed by atoms with Gasteiger partial charge in [0, 0.05) is 26.6 Å². The molecule has 0 radical (unpaired) electrons. The second kappa shape index (κ2) is 11.2. The number of carboxylic acids is 1. The lowest BCUT2D eigenvalue weighted by atomic mass is 9.88. The Morgan fingerprint density at radius 3 is 2.52 bits per heavy atom. The van der Waals surface area contributed by atoms with Crippen LogP contribution in [0.15, 0.2) is 12.7 Å². The highest BCUT2D eigenvalue weighted by Crippen LogP contribution is 2.20. The van der Waals surface area contributed by atoms with Gasteiger partial charge in [-0.15, -0.1) is 6.58 Å². The van der Waals surface area contributed by atoms with Crippen molar-refractivity contribution < 1.29 is 14.7 Å². The number of hydrogen-bond acceptors (Lipinski definition) is 2. The number of hydrogen-bond donors (Lipinski definition) is 2. The molecule has 5 heteroatoms. The smallest absolute Gasteiger partial charge is 0.317 e. The number of nitrogens with zero attached hydrogens (tertiary/aromatic N) is 1. The first-order valence-corrected chi connectivity index (χ1v) is 7.70. The molecular weight excluding hydrogens is 268 g/mol. The van der Waals surface area contributed by atoms with Crippen LogP contribution in [-0.2, 0) is 4.79 Å². The Morgan fingerprint density at radius 1 is 1.33 bits per heavy atom. The molecule has 0 saturated carbocycles. The van der Waals surface area contributed by atoms with Crippen molar-refractivity contribution in [2.75, 3.05) is 20.1 Å². The Morgan fingerprint density at radius 2 is 2.00 bits per heavy atom. The molecule has 0 aromatic heterocycles. The summed E-state index contributed by atoms with van der Waals surface area (Å²) in [5, 5.41) is 11.6. The van der Waals surface area contributed by atoms with Gasteiger partial charge in [-0.2, -0.15) is 0 Å². The van der Waals surface area contributed by atoms with E-state index in [2.05, 4.69) is 25.7 Å². The van der Waals surface area contributed by atoms with E-state index in [4.69, 9.17) is 5.11 Å². The molecule has 0 aromatic carbocycles. The van der Waals surface area contributed by atoms with Crippen LogP contribution in [0, 0.1) is 11.8 Å². The summed E-state index contributed by atoms with van der Waals surface area (Å²) in [4.78, 5) is 24.2. The van der Waals surface area contributed by atoms with E-state index in [0.29, 0.717) is 31.3 Å². The van der Waals surface area contributed by atoms with Crippen LogP contribution in [0.25, 0.3) is 0 Å². The van der Waals surface area contributed by atoms with Gasteiger partial charge in [0.25, 0.3) is 0 Å². The van der Waals surface area contributed by atoms with Gasteiger partial charge in [-0.3, -0.25) is 4.79 Å². The fourth-order valence-corrected chi connectivity index (χ4v) is 2.19. The van der Waals surface area contributed by atoms with Gasteiger partial charge in [0.1, 0.15) is 0 Å². The summed E-state index contributed by atoms with van der Waals surface area (Å²) in [6, 6.07) is -0.0696. The monoisotopic (exact) mass is 298 g/mol. The van der Waals surface area contributed by atoms with E-state index in [0.717, 1.165) is 19.3 Å². The highest BCUT2D eigenvalue weighted by atomic mass is 16.4. The number of urea groups is 1. The minimum Gasteiger partial charge on any atom is -0.481 e. The zero-order valence-electron chi connectivity index (χ0n) is 13.6. The fourth-order valence-electron chi connectivity index (χ4n) is 2.19. The summed E-state index contributed by atoms with van der Waals surface area (Å²) < 4.78 is 0. The van der Waals surface area contributed by atoms with Crippen molar-refractivity contribution in [1.29, 1.82) is 0 Å². The molecule has 0 bridgehead atoms. The molecule has 0 heterocycles. The maximum Gasteiger partial charge on any atom is 0.317 e. The van der Waals surface area contributed by atoms with Crippen LogP contribution in [0.5, 0.6) is 0 Å². The first kappa shape index (κ1) is 19.5. The number of allylic oxidation sites excluding steroid dienone is 1. The van der Waals surface area contributed by atoms with Gasteiger partial charge in [-0.25, -0.2) is 4.79 Å². The lowest BCUT2D eigenvalue weighted by Crippen LogP contribution is -2.38. The summed E-state index contributed by atoms with van der Waals surface area (Å²) >= 11 is 0. The topological polar surface area (TPSA) is 69.6 Å². The van der Waals surface area contributed by atoms with Crippen molar-refractivity contribution in [3.05, 3.63) is 12.7 Å². The predicted octanol–water partition coefficient (Wildman–Crippen LogP) is 3.12. The number of unbranched alkanes of at least 4 members (excludes halogenated alkanes) is 1. The fraction of sp³-hybridized carbons (Fsp3) is 0.750. The van der Waals surface area contributed by atoms with Crippen LogP contribution in [-0.4, -0.2) is 42.1 Å². The summed E-state index contributed by atoms with van der Waals surface area (Å²) in [5.41, 5.74) is 0. The van der Waals surface area contributed by atoms with Crippen molar-refractivity contribution in [3.8, 4) is 0 Å². The van der Waals surface area contributed by atoms with Crippen molar-refractivity contribution >= 4 is 12.0 Å².